The normalized spacial score (nSPS) is 9.67. The molecular formula is C10H12N2O2S. The topological polar surface area (TPSA) is 75.3 Å². The maximum atomic E-state index is 10.8. The molecule has 1 rings (SSSR count). The summed E-state index contributed by atoms with van der Waals surface area (Å²) >= 11 is 4.69. The van der Waals surface area contributed by atoms with Gasteiger partial charge in [-0.2, -0.15) is 0 Å². The molecule has 0 aliphatic heterocycles. The van der Waals surface area contributed by atoms with Gasteiger partial charge in [-0.3, -0.25) is 0 Å². The van der Waals surface area contributed by atoms with E-state index in [1.54, 1.807) is 18.2 Å². The smallest absolute Gasteiger partial charge is 0.335 e. The molecule has 0 spiro atoms. The SMILES string of the molecule is CCc1cc(NC(N)=S)ccc1C(=O)O. The van der Waals surface area contributed by atoms with E-state index in [1.807, 2.05) is 6.92 Å². The van der Waals surface area contributed by atoms with E-state index in [2.05, 4.69) is 5.32 Å². The molecule has 15 heavy (non-hydrogen) atoms. The highest BCUT2D eigenvalue weighted by Crippen LogP contribution is 2.16. The molecule has 0 saturated heterocycles. The Kier molecular flexibility index (Phi) is 3.62. The molecule has 1 aromatic rings. The number of thiocarbonyl (C=S) groups is 1. The first-order chi connectivity index (χ1) is 7.04. The molecular weight excluding hydrogens is 212 g/mol. The Bertz CT molecular complexity index is 404. The summed E-state index contributed by atoms with van der Waals surface area (Å²) in [6.45, 7) is 1.90. The maximum Gasteiger partial charge on any atom is 0.335 e. The van der Waals surface area contributed by atoms with Gasteiger partial charge < -0.3 is 16.2 Å². The van der Waals surface area contributed by atoms with Gasteiger partial charge in [0.05, 0.1) is 5.56 Å². The van der Waals surface area contributed by atoms with Crippen molar-refractivity contribution in [1.29, 1.82) is 0 Å². The Hall–Kier alpha value is -1.62. The highest BCUT2D eigenvalue weighted by molar-refractivity contribution is 7.80. The molecule has 0 aliphatic carbocycles. The lowest BCUT2D eigenvalue weighted by molar-refractivity contribution is 0.0696. The number of nitrogens with one attached hydrogen (secondary N) is 1. The summed E-state index contributed by atoms with van der Waals surface area (Å²) in [7, 11) is 0. The van der Waals surface area contributed by atoms with E-state index >= 15 is 0 Å². The predicted molar refractivity (Wildman–Crippen MR) is 63.2 cm³/mol. The zero-order valence-electron chi connectivity index (χ0n) is 8.28. The van der Waals surface area contributed by atoms with Crippen molar-refractivity contribution < 1.29 is 9.90 Å². The average molecular weight is 224 g/mol. The first-order valence-corrected chi connectivity index (χ1v) is 4.88. The second-order valence-electron chi connectivity index (χ2n) is 3.02. The average Bonchev–Trinajstić information content (AvgIpc) is 2.16. The van der Waals surface area contributed by atoms with E-state index in [0.29, 0.717) is 17.7 Å². The number of benzene rings is 1. The van der Waals surface area contributed by atoms with Crippen LogP contribution in [-0.4, -0.2) is 16.2 Å². The third kappa shape index (κ3) is 2.92. The summed E-state index contributed by atoms with van der Waals surface area (Å²) in [4.78, 5) is 10.8. The van der Waals surface area contributed by atoms with Crippen LogP contribution in [0, 0.1) is 0 Å². The van der Waals surface area contributed by atoms with Gasteiger partial charge in [0.15, 0.2) is 5.11 Å². The summed E-state index contributed by atoms with van der Waals surface area (Å²) in [6.07, 6.45) is 0.647. The molecule has 0 aromatic heterocycles. The largest absolute Gasteiger partial charge is 0.478 e. The number of hydrogen-bond acceptors (Lipinski definition) is 2. The number of rotatable bonds is 3. The Morgan fingerprint density at radius 3 is 2.73 bits per heavy atom. The molecule has 4 nitrogen and oxygen atoms in total. The molecule has 0 aliphatic rings. The number of anilines is 1. The monoisotopic (exact) mass is 224 g/mol. The van der Waals surface area contributed by atoms with Crippen LogP contribution in [0.25, 0.3) is 0 Å². The fourth-order valence-corrected chi connectivity index (χ4v) is 1.43. The first kappa shape index (κ1) is 11.5. The third-order valence-electron chi connectivity index (χ3n) is 1.98. The van der Waals surface area contributed by atoms with Crippen LogP contribution in [0.5, 0.6) is 0 Å². The van der Waals surface area contributed by atoms with Gasteiger partial charge in [0.25, 0.3) is 0 Å². The first-order valence-electron chi connectivity index (χ1n) is 4.47. The van der Waals surface area contributed by atoms with Gasteiger partial charge in [-0.25, -0.2) is 4.79 Å². The van der Waals surface area contributed by atoms with Crippen LogP contribution in [0.4, 0.5) is 5.69 Å². The van der Waals surface area contributed by atoms with E-state index in [9.17, 15) is 4.79 Å². The summed E-state index contributed by atoms with van der Waals surface area (Å²) < 4.78 is 0. The lowest BCUT2D eigenvalue weighted by atomic mass is 10.0. The Labute approximate surface area is 93.1 Å². The molecule has 0 radical (unpaired) electrons. The van der Waals surface area contributed by atoms with E-state index in [4.69, 9.17) is 23.1 Å². The van der Waals surface area contributed by atoms with E-state index < -0.39 is 5.97 Å². The minimum Gasteiger partial charge on any atom is -0.478 e. The number of carbonyl (C=O) groups is 1. The highest BCUT2D eigenvalue weighted by atomic mass is 32.1. The van der Waals surface area contributed by atoms with Crippen LogP contribution in [0.15, 0.2) is 18.2 Å². The van der Waals surface area contributed by atoms with Gasteiger partial charge in [-0.1, -0.05) is 6.92 Å². The molecule has 0 amide bonds. The summed E-state index contributed by atoms with van der Waals surface area (Å²) in [6, 6.07) is 4.92. The fraction of sp³-hybridized carbons (Fsp3) is 0.200. The number of carboxylic acids is 1. The maximum absolute atomic E-state index is 10.8. The molecule has 0 unspecified atom stereocenters. The number of hydrogen-bond donors (Lipinski definition) is 3. The minimum atomic E-state index is -0.922. The summed E-state index contributed by atoms with van der Waals surface area (Å²) in [5.74, 6) is -0.922. The standard InChI is InChI=1S/C10H12N2O2S/c1-2-6-5-7(12-10(11)15)3-4-8(6)9(13)14/h3-5H,2H2,1H3,(H,13,14)(H3,11,12,15). The van der Waals surface area contributed by atoms with Gasteiger partial charge in [0, 0.05) is 5.69 Å². The van der Waals surface area contributed by atoms with Crippen molar-refractivity contribution in [3.05, 3.63) is 29.3 Å². The zero-order valence-corrected chi connectivity index (χ0v) is 9.10. The molecule has 0 atom stereocenters. The molecule has 4 N–H and O–H groups in total. The van der Waals surface area contributed by atoms with Crippen LogP contribution in [0.1, 0.15) is 22.8 Å². The fourth-order valence-electron chi connectivity index (χ4n) is 1.31. The molecule has 1 aromatic carbocycles. The van der Waals surface area contributed by atoms with Gasteiger partial charge in [-0.15, -0.1) is 0 Å². The summed E-state index contributed by atoms with van der Waals surface area (Å²) in [5.41, 5.74) is 7.09. The quantitative estimate of drug-likeness (QED) is 0.680. The lowest BCUT2D eigenvalue weighted by Crippen LogP contribution is -2.19. The van der Waals surface area contributed by atoms with Crippen LogP contribution in [0.3, 0.4) is 0 Å². The number of carboxylic acid groups (broad SMARTS) is 1. The van der Waals surface area contributed by atoms with Crippen LogP contribution < -0.4 is 11.1 Å². The number of aromatic carboxylic acids is 1. The van der Waals surface area contributed by atoms with E-state index in [1.165, 1.54) is 0 Å². The van der Waals surface area contributed by atoms with Crippen molar-refractivity contribution in [1.82, 2.24) is 0 Å². The van der Waals surface area contributed by atoms with Crippen molar-refractivity contribution in [2.75, 3.05) is 5.32 Å². The van der Waals surface area contributed by atoms with Crippen molar-refractivity contribution in [3.8, 4) is 0 Å². The highest BCUT2D eigenvalue weighted by Gasteiger charge is 2.08. The number of aryl methyl sites for hydroxylation is 1. The lowest BCUT2D eigenvalue weighted by Gasteiger charge is -2.08. The molecule has 0 bridgehead atoms. The van der Waals surface area contributed by atoms with Crippen molar-refractivity contribution in [2.45, 2.75) is 13.3 Å². The summed E-state index contributed by atoms with van der Waals surface area (Å²) in [5, 5.41) is 11.8. The Morgan fingerprint density at radius 2 is 2.27 bits per heavy atom. The van der Waals surface area contributed by atoms with E-state index in [0.717, 1.165) is 5.56 Å². The van der Waals surface area contributed by atoms with Crippen molar-refractivity contribution >= 4 is 29.0 Å². The van der Waals surface area contributed by atoms with Crippen LogP contribution in [-0.2, 0) is 6.42 Å². The molecule has 0 heterocycles. The Morgan fingerprint density at radius 1 is 1.60 bits per heavy atom. The van der Waals surface area contributed by atoms with Gasteiger partial charge in [-0.05, 0) is 42.4 Å². The van der Waals surface area contributed by atoms with Crippen molar-refractivity contribution in [3.63, 3.8) is 0 Å². The van der Waals surface area contributed by atoms with Gasteiger partial charge in [0.1, 0.15) is 0 Å². The second-order valence-corrected chi connectivity index (χ2v) is 3.46. The van der Waals surface area contributed by atoms with Crippen LogP contribution in [0.2, 0.25) is 0 Å². The molecule has 0 saturated carbocycles. The molecule has 5 heteroatoms. The Balaban J connectivity index is 3.07. The molecule has 80 valence electrons. The van der Waals surface area contributed by atoms with E-state index in [-0.39, 0.29) is 5.11 Å². The number of nitrogens with two attached hydrogens (primary N) is 1. The predicted octanol–water partition coefficient (Wildman–Crippen LogP) is 1.60. The minimum absolute atomic E-state index is 0.167. The second kappa shape index (κ2) is 4.75. The van der Waals surface area contributed by atoms with Gasteiger partial charge >= 0.3 is 5.97 Å². The molecule has 0 fully saturated rings. The van der Waals surface area contributed by atoms with Crippen LogP contribution >= 0.6 is 12.2 Å². The van der Waals surface area contributed by atoms with Gasteiger partial charge in [0.2, 0.25) is 0 Å². The third-order valence-corrected chi connectivity index (χ3v) is 2.09. The van der Waals surface area contributed by atoms with Crippen molar-refractivity contribution in [2.24, 2.45) is 5.73 Å². The zero-order chi connectivity index (χ0) is 11.4.